The summed E-state index contributed by atoms with van der Waals surface area (Å²) in [7, 11) is 0. The fourth-order valence-electron chi connectivity index (χ4n) is 4.15. The van der Waals surface area contributed by atoms with Crippen LogP contribution in [0.4, 0.5) is 0 Å². The fourth-order valence-corrected chi connectivity index (χ4v) is 5.92. The van der Waals surface area contributed by atoms with Crippen molar-refractivity contribution < 1.29 is 0 Å². The Labute approximate surface area is 206 Å². The summed E-state index contributed by atoms with van der Waals surface area (Å²) in [4.78, 5) is 34.3. The average molecular weight is 499 g/mol. The lowest BCUT2D eigenvalue weighted by Crippen LogP contribution is -2.22. The number of fused-ring (bicyclic) bond motifs is 4. The van der Waals surface area contributed by atoms with Crippen molar-refractivity contribution in [2.24, 2.45) is 0 Å². The lowest BCUT2D eigenvalue weighted by molar-refractivity contribution is 0.783. The van der Waals surface area contributed by atoms with E-state index in [1.165, 1.54) is 23.1 Å². The molecule has 6 rings (SSSR count). The molecule has 0 bridgehead atoms. The van der Waals surface area contributed by atoms with Gasteiger partial charge in [0.25, 0.3) is 11.1 Å². The number of aromatic amines is 1. The van der Waals surface area contributed by atoms with Crippen LogP contribution < -0.4 is 11.1 Å². The Hall–Kier alpha value is -4.02. The maximum atomic E-state index is 13.0. The molecule has 0 aliphatic rings. The number of thioether (sulfide) groups is 1. The van der Waals surface area contributed by atoms with Gasteiger partial charge in [-0.15, -0.1) is 28.1 Å². The Morgan fingerprint density at radius 1 is 1.06 bits per heavy atom. The second-order valence-electron chi connectivity index (χ2n) is 7.84. The van der Waals surface area contributed by atoms with Crippen LogP contribution in [0, 0.1) is 0 Å². The second-order valence-corrected chi connectivity index (χ2v) is 9.64. The summed E-state index contributed by atoms with van der Waals surface area (Å²) in [6, 6.07) is 17.2. The Morgan fingerprint density at radius 2 is 1.86 bits per heavy atom. The third-order valence-corrected chi connectivity index (χ3v) is 7.52. The largest absolute Gasteiger partial charge is 0.309 e. The number of thiophene rings is 1. The van der Waals surface area contributed by atoms with E-state index in [0.29, 0.717) is 44.7 Å². The third kappa shape index (κ3) is 3.58. The molecular weight excluding hydrogens is 480 g/mol. The van der Waals surface area contributed by atoms with Gasteiger partial charge in [0, 0.05) is 17.5 Å². The summed E-state index contributed by atoms with van der Waals surface area (Å²) in [5, 5.41) is 12.4. The SMILES string of the molecule is C=CCn1c(=O)c2ccccc2n2c(SCc3nc4scc(-c5ccccc5)c4c(=O)[nH]3)nnc12. The molecule has 6 aromatic rings. The number of hydrogen-bond acceptors (Lipinski definition) is 7. The summed E-state index contributed by atoms with van der Waals surface area (Å²) in [6.45, 7) is 4.08. The molecule has 0 radical (unpaired) electrons. The molecule has 0 aliphatic carbocycles. The van der Waals surface area contributed by atoms with Crippen molar-refractivity contribution in [2.45, 2.75) is 17.5 Å². The molecule has 0 fully saturated rings. The normalized spacial score (nSPS) is 11.5. The fraction of sp³-hybridized carbons (Fsp3) is 0.0800. The highest BCUT2D eigenvalue weighted by Crippen LogP contribution is 2.31. The predicted octanol–water partition coefficient (Wildman–Crippen LogP) is 4.49. The topological polar surface area (TPSA) is 97.9 Å². The first-order valence-electron chi connectivity index (χ1n) is 10.8. The average Bonchev–Trinajstić information content (AvgIpc) is 3.51. The van der Waals surface area contributed by atoms with Crippen LogP contribution in [0.25, 0.3) is 38.0 Å². The van der Waals surface area contributed by atoms with Gasteiger partial charge in [0.05, 0.1) is 22.0 Å². The van der Waals surface area contributed by atoms with Gasteiger partial charge in [0.2, 0.25) is 5.78 Å². The highest BCUT2D eigenvalue weighted by Gasteiger charge is 2.17. The predicted molar refractivity (Wildman–Crippen MR) is 140 cm³/mol. The number of nitrogens with zero attached hydrogens (tertiary/aromatic N) is 5. The molecule has 0 aliphatic heterocycles. The quantitative estimate of drug-likeness (QED) is 0.268. The van der Waals surface area contributed by atoms with Crippen molar-refractivity contribution >= 4 is 50.0 Å². The molecule has 4 heterocycles. The molecule has 0 saturated heterocycles. The highest BCUT2D eigenvalue weighted by molar-refractivity contribution is 7.98. The number of benzene rings is 2. The van der Waals surface area contributed by atoms with E-state index in [9.17, 15) is 9.59 Å². The van der Waals surface area contributed by atoms with E-state index < -0.39 is 0 Å². The van der Waals surface area contributed by atoms with E-state index in [1.807, 2.05) is 58.3 Å². The minimum Gasteiger partial charge on any atom is -0.309 e. The second kappa shape index (κ2) is 8.64. The zero-order valence-corrected chi connectivity index (χ0v) is 20.0. The summed E-state index contributed by atoms with van der Waals surface area (Å²) >= 11 is 2.85. The molecule has 35 heavy (non-hydrogen) atoms. The first-order chi connectivity index (χ1) is 17.2. The van der Waals surface area contributed by atoms with E-state index in [4.69, 9.17) is 4.98 Å². The van der Waals surface area contributed by atoms with Gasteiger partial charge in [-0.1, -0.05) is 60.3 Å². The van der Waals surface area contributed by atoms with Crippen LogP contribution in [0.3, 0.4) is 0 Å². The Balaban J connectivity index is 1.40. The van der Waals surface area contributed by atoms with Crippen LogP contribution >= 0.6 is 23.1 Å². The van der Waals surface area contributed by atoms with Gasteiger partial charge in [-0.3, -0.25) is 18.6 Å². The van der Waals surface area contributed by atoms with Crippen molar-refractivity contribution in [2.75, 3.05) is 0 Å². The number of H-pyrrole nitrogens is 1. The van der Waals surface area contributed by atoms with Crippen LogP contribution in [0.15, 0.2) is 87.4 Å². The van der Waals surface area contributed by atoms with E-state index in [0.717, 1.165) is 16.6 Å². The number of para-hydroxylation sites is 1. The summed E-state index contributed by atoms with van der Waals surface area (Å²) < 4.78 is 3.41. The minimum atomic E-state index is -0.165. The smallest absolute Gasteiger partial charge is 0.263 e. The Morgan fingerprint density at radius 3 is 2.69 bits per heavy atom. The molecule has 0 saturated carbocycles. The van der Waals surface area contributed by atoms with Crippen molar-refractivity contribution in [1.29, 1.82) is 0 Å². The molecule has 4 aromatic heterocycles. The van der Waals surface area contributed by atoms with E-state index >= 15 is 0 Å². The molecule has 0 atom stereocenters. The van der Waals surface area contributed by atoms with Crippen molar-refractivity contribution in [1.82, 2.24) is 29.1 Å². The Kier molecular flexibility index (Phi) is 5.31. The van der Waals surface area contributed by atoms with Crippen molar-refractivity contribution in [3.05, 3.63) is 99.2 Å². The molecule has 172 valence electrons. The van der Waals surface area contributed by atoms with Gasteiger partial charge < -0.3 is 4.98 Å². The molecule has 10 heteroatoms. The minimum absolute atomic E-state index is 0.139. The van der Waals surface area contributed by atoms with Gasteiger partial charge in [-0.05, 0) is 17.7 Å². The lowest BCUT2D eigenvalue weighted by Gasteiger charge is -2.09. The standard InChI is InChI=1S/C25H18N6O2S2/c1-2-12-30-23(33)16-10-6-7-11-18(16)31-24(30)28-29-25(31)35-14-19-26-21(32)20-17(13-34-22(20)27-19)15-8-4-3-5-9-15/h2-11,13H,1,12,14H2,(H,26,27,32). The van der Waals surface area contributed by atoms with E-state index in [1.54, 1.807) is 16.7 Å². The van der Waals surface area contributed by atoms with Gasteiger partial charge in [-0.2, -0.15) is 0 Å². The van der Waals surface area contributed by atoms with Crippen LogP contribution in [0.2, 0.25) is 0 Å². The van der Waals surface area contributed by atoms with Crippen molar-refractivity contribution in [3.63, 3.8) is 0 Å². The first-order valence-corrected chi connectivity index (χ1v) is 12.7. The number of aromatic nitrogens is 6. The van der Waals surface area contributed by atoms with Crippen LogP contribution in [0.5, 0.6) is 0 Å². The monoisotopic (exact) mass is 498 g/mol. The molecule has 8 nitrogen and oxygen atoms in total. The molecule has 0 unspecified atom stereocenters. The zero-order valence-electron chi connectivity index (χ0n) is 18.3. The van der Waals surface area contributed by atoms with Gasteiger partial charge >= 0.3 is 0 Å². The number of rotatable bonds is 6. The first kappa shape index (κ1) is 21.5. The van der Waals surface area contributed by atoms with Gasteiger partial charge in [0.15, 0.2) is 5.16 Å². The maximum Gasteiger partial charge on any atom is 0.263 e. The van der Waals surface area contributed by atoms with Crippen molar-refractivity contribution in [3.8, 4) is 11.1 Å². The van der Waals surface area contributed by atoms with E-state index in [-0.39, 0.29) is 11.1 Å². The maximum absolute atomic E-state index is 13.0. The number of nitrogens with one attached hydrogen (secondary N) is 1. The van der Waals surface area contributed by atoms with Crippen LogP contribution in [0.1, 0.15) is 5.82 Å². The van der Waals surface area contributed by atoms with Gasteiger partial charge in [0.1, 0.15) is 10.7 Å². The molecule has 0 amide bonds. The lowest BCUT2D eigenvalue weighted by atomic mass is 10.1. The van der Waals surface area contributed by atoms with E-state index in [2.05, 4.69) is 21.8 Å². The Bertz CT molecular complexity index is 1850. The molecule has 1 N–H and O–H groups in total. The third-order valence-electron chi connectivity index (χ3n) is 5.71. The van der Waals surface area contributed by atoms with Crippen LogP contribution in [-0.2, 0) is 12.3 Å². The van der Waals surface area contributed by atoms with Gasteiger partial charge in [-0.25, -0.2) is 4.98 Å². The number of hydrogen-bond donors (Lipinski definition) is 1. The molecule has 0 spiro atoms. The summed E-state index contributed by atoms with van der Waals surface area (Å²) in [6.07, 6.45) is 1.66. The van der Waals surface area contributed by atoms with Crippen LogP contribution in [-0.4, -0.2) is 29.1 Å². The molecular formula is C25H18N6O2S2. The number of allylic oxidation sites excluding steroid dienone is 1. The zero-order chi connectivity index (χ0) is 23.9. The highest BCUT2D eigenvalue weighted by atomic mass is 32.2. The summed E-state index contributed by atoms with van der Waals surface area (Å²) in [5.74, 6) is 1.38. The summed E-state index contributed by atoms with van der Waals surface area (Å²) in [5.41, 5.74) is 2.29. The molecule has 2 aromatic carbocycles.